The molecule has 0 aliphatic rings. The number of hydrogen-bond acceptors (Lipinski definition) is 5. The van der Waals surface area contributed by atoms with Gasteiger partial charge >= 0.3 is 0 Å². The Labute approximate surface area is 178 Å². The van der Waals surface area contributed by atoms with E-state index >= 15 is 0 Å². The van der Waals surface area contributed by atoms with Crippen molar-refractivity contribution < 1.29 is 18.4 Å². The van der Waals surface area contributed by atoms with Crippen LogP contribution < -0.4 is 10.6 Å². The molecule has 3 rings (SSSR count). The topological polar surface area (TPSA) is 84.2 Å². The van der Waals surface area contributed by atoms with E-state index in [-0.39, 0.29) is 23.4 Å². The smallest absolute Gasteiger partial charge is 0.234 e. The van der Waals surface area contributed by atoms with Crippen LogP contribution in [0.1, 0.15) is 25.8 Å². The van der Waals surface area contributed by atoms with E-state index in [0.717, 1.165) is 5.56 Å². The standard InChI is InChI=1S/C22H22FN3O3S/c1-14(22-24-12-19(29-22)16-6-4-3-5-7-16)25-21(28)15(2)30-13-20(27)26-18-10-8-17(23)9-11-18/h3-12,14-15H,13H2,1-2H3,(H,25,28)(H,26,27). The van der Waals surface area contributed by atoms with E-state index in [9.17, 15) is 14.0 Å². The van der Waals surface area contributed by atoms with Gasteiger partial charge in [-0.15, -0.1) is 11.8 Å². The summed E-state index contributed by atoms with van der Waals surface area (Å²) in [6.07, 6.45) is 1.63. The lowest BCUT2D eigenvalue weighted by molar-refractivity contribution is -0.121. The minimum atomic E-state index is -0.449. The number of thioether (sulfide) groups is 1. The molecule has 0 saturated heterocycles. The van der Waals surface area contributed by atoms with Gasteiger partial charge in [0.05, 0.1) is 17.2 Å². The zero-order chi connectivity index (χ0) is 21.5. The first-order chi connectivity index (χ1) is 14.4. The number of nitrogens with zero attached hydrogens (tertiary/aromatic N) is 1. The van der Waals surface area contributed by atoms with E-state index in [0.29, 0.717) is 17.3 Å². The van der Waals surface area contributed by atoms with E-state index in [1.165, 1.54) is 36.0 Å². The van der Waals surface area contributed by atoms with Crippen molar-refractivity contribution >= 4 is 29.3 Å². The molecule has 2 atom stereocenters. The van der Waals surface area contributed by atoms with Gasteiger partial charge in [-0.1, -0.05) is 30.3 Å². The first-order valence-electron chi connectivity index (χ1n) is 9.41. The van der Waals surface area contributed by atoms with Crippen molar-refractivity contribution in [2.45, 2.75) is 25.1 Å². The third-order valence-corrected chi connectivity index (χ3v) is 5.42. The van der Waals surface area contributed by atoms with Crippen LogP contribution in [0.4, 0.5) is 10.1 Å². The Kier molecular flexibility index (Phi) is 7.24. The number of hydrogen-bond donors (Lipinski definition) is 2. The molecule has 0 spiro atoms. The molecular weight excluding hydrogens is 405 g/mol. The summed E-state index contributed by atoms with van der Waals surface area (Å²) in [5.41, 5.74) is 1.41. The zero-order valence-corrected chi connectivity index (χ0v) is 17.4. The summed E-state index contributed by atoms with van der Waals surface area (Å²) in [6, 6.07) is 14.7. The predicted molar refractivity (Wildman–Crippen MR) is 115 cm³/mol. The monoisotopic (exact) mass is 427 g/mol. The highest BCUT2D eigenvalue weighted by atomic mass is 32.2. The van der Waals surface area contributed by atoms with Crippen molar-refractivity contribution in [1.82, 2.24) is 10.3 Å². The number of carbonyl (C=O) groups is 2. The van der Waals surface area contributed by atoms with E-state index in [1.807, 2.05) is 30.3 Å². The second kappa shape index (κ2) is 10.1. The maximum absolute atomic E-state index is 12.9. The summed E-state index contributed by atoms with van der Waals surface area (Å²) in [5.74, 6) is 0.280. The molecule has 0 radical (unpaired) electrons. The van der Waals surface area contributed by atoms with E-state index in [1.54, 1.807) is 20.0 Å². The maximum Gasteiger partial charge on any atom is 0.234 e. The van der Waals surface area contributed by atoms with E-state index in [2.05, 4.69) is 15.6 Å². The van der Waals surface area contributed by atoms with Crippen molar-refractivity contribution in [2.75, 3.05) is 11.1 Å². The largest absolute Gasteiger partial charge is 0.438 e. The number of anilines is 1. The molecule has 156 valence electrons. The van der Waals surface area contributed by atoms with E-state index < -0.39 is 11.3 Å². The van der Waals surface area contributed by atoms with Crippen molar-refractivity contribution in [3.8, 4) is 11.3 Å². The summed E-state index contributed by atoms with van der Waals surface area (Å²) < 4.78 is 18.7. The van der Waals surface area contributed by atoms with Crippen molar-refractivity contribution in [3.05, 3.63) is 72.5 Å². The first-order valence-corrected chi connectivity index (χ1v) is 10.5. The molecule has 30 heavy (non-hydrogen) atoms. The van der Waals surface area contributed by atoms with Crippen LogP contribution >= 0.6 is 11.8 Å². The summed E-state index contributed by atoms with van der Waals surface area (Å²) in [5, 5.41) is 5.07. The minimum absolute atomic E-state index is 0.0947. The Morgan fingerprint density at radius 3 is 2.50 bits per heavy atom. The second-order valence-electron chi connectivity index (χ2n) is 6.67. The number of carbonyl (C=O) groups excluding carboxylic acids is 2. The summed E-state index contributed by atoms with van der Waals surface area (Å²) in [7, 11) is 0. The van der Waals surface area contributed by atoms with Gasteiger partial charge in [0.1, 0.15) is 11.9 Å². The lowest BCUT2D eigenvalue weighted by Gasteiger charge is -2.15. The molecule has 0 aliphatic carbocycles. The molecule has 2 N–H and O–H groups in total. The van der Waals surface area contributed by atoms with Crippen LogP contribution in [-0.2, 0) is 9.59 Å². The average molecular weight is 428 g/mol. The van der Waals surface area contributed by atoms with Crippen molar-refractivity contribution in [3.63, 3.8) is 0 Å². The van der Waals surface area contributed by atoms with Gasteiger partial charge in [0.25, 0.3) is 0 Å². The predicted octanol–water partition coefficient (Wildman–Crippen LogP) is 4.42. The van der Waals surface area contributed by atoms with Gasteiger partial charge in [-0.2, -0.15) is 0 Å². The number of rotatable bonds is 8. The summed E-state index contributed by atoms with van der Waals surface area (Å²) >= 11 is 1.21. The Morgan fingerprint density at radius 1 is 1.10 bits per heavy atom. The molecule has 0 saturated carbocycles. The fourth-order valence-electron chi connectivity index (χ4n) is 2.62. The van der Waals surface area contributed by atoms with Crippen LogP contribution in [0.2, 0.25) is 0 Å². The van der Waals surface area contributed by atoms with Crippen LogP contribution in [0.3, 0.4) is 0 Å². The highest BCUT2D eigenvalue weighted by Crippen LogP contribution is 2.23. The molecule has 8 heteroatoms. The zero-order valence-electron chi connectivity index (χ0n) is 16.6. The number of halogens is 1. The molecule has 6 nitrogen and oxygen atoms in total. The molecule has 3 aromatic rings. The summed E-state index contributed by atoms with van der Waals surface area (Å²) in [4.78, 5) is 28.7. The first kappa shape index (κ1) is 21.6. The maximum atomic E-state index is 12.9. The van der Waals surface area contributed by atoms with Crippen molar-refractivity contribution in [1.29, 1.82) is 0 Å². The minimum Gasteiger partial charge on any atom is -0.438 e. The summed E-state index contributed by atoms with van der Waals surface area (Å²) in [6.45, 7) is 3.51. The van der Waals surface area contributed by atoms with Crippen LogP contribution in [0.15, 0.2) is 65.2 Å². The molecule has 0 aliphatic heterocycles. The Bertz CT molecular complexity index is 992. The number of nitrogens with one attached hydrogen (secondary N) is 2. The lowest BCUT2D eigenvalue weighted by Crippen LogP contribution is -2.34. The van der Waals surface area contributed by atoms with Gasteiger partial charge in [-0.25, -0.2) is 9.37 Å². The lowest BCUT2D eigenvalue weighted by atomic mass is 10.2. The third-order valence-electron chi connectivity index (χ3n) is 4.27. The number of oxazole rings is 1. The fraction of sp³-hybridized carbons (Fsp3) is 0.227. The molecule has 1 heterocycles. The SMILES string of the molecule is CC(SCC(=O)Nc1ccc(F)cc1)C(=O)NC(C)c1ncc(-c2ccccc2)o1. The molecular formula is C22H22FN3O3S. The van der Waals surface area contributed by atoms with Gasteiger partial charge in [0.15, 0.2) is 5.76 Å². The van der Waals surface area contributed by atoms with E-state index in [4.69, 9.17) is 4.42 Å². The Hall–Kier alpha value is -3.13. The van der Waals surface area contributed by atoms with Gasteiger partial charge in [-0.3, -0.25) is 9.59 Å². The second-order valence-corrected chi connectivity index (χ2v) is 8.00. The Balaban J connectivity index is 1.47. The molecule has 0 fully saturated rings. The van der Waals surface area contributed by atoms with Gasteiger partial charge in [-0.05, 0) is 38.1 Å². The molecule has 0 bridgehead atoms. The van der Waals surface area contributed by atoms with Gasteiger partial charge < -0.3 is 15.1 Å². The highest BCUT2D eigenvalue weighted by molar-refractivity contribution is 8.01. The molecule has 2 aromatic carbocycles. The normalized spacial score (nSPS) is 12.8. The van der Waals surface area contributed by atoms with Crippen LogP contribution in [0, 0.1) is 5.82 Å². The Morgan fingerprint density at radius 2 is 1.80 bits per heavy atom. The van der Waals surface area contributed by atoms with Crippen LogP contribution in [-0.4, -0.2) is 27.8 Å². The molecule has 2 amide bonds. The number of benzene rings is 2. The average Bonchev–Trinajstić information content (AvgIpc) is 3.25. The number of amides is 2. The quantitative estimate of drug-likeness (QED) is 0.556. The van der Waals surface area contributed by atoms with Crippen LogP contribution in [0.25, 0.3) is 11.3 Å². The third kappa shape index (κ3) is 5.93. The highest BCUT2D eigenvalue weighted by Gasteiger charge is 2.20. The van der Waals surface area contributed by atoms with Crippen molar-refractivity contribution in [2.24, 2.45) is 0 Å². The van der Waals surface area contributed by atoms with Gasteiger partial charge in [0, 0.05) is 11.3 Å². The molecule has 1 aromatic heterocycles. The number of aromatic nitrogens is 1. The fourth-order valence-corrected chi connectivity index (χ4v) is 3.32. The van der Waals surface area contributed by atoms with Crippen LogP contribution in [0.5, 0.6) is 0 Å². The van der Waals surface area contributed by atoms with Gasteiger partial charge in [0.2, 0.25) is 17.7 Å². The molecule has 2 unspecified atom stereocenters.